The van der Waals surface area contributed by atoms with Crippen molar-refractivity contribution in [3.05, 3.63) is 48.0 Å². The first kappa shape index (κ1) is 21.6. The van der Waals surface area contributed by atoms with Crippen molar-refractivity contribution in [2.45, 2.75) is 38.5 Å². The highest BCUT2D eigenvalue weighted by Gasteiger charge is 2.40. The van der Waals surface area contributed by atoms with Crippen LogP contribution in [0, 0.1) is 5.92 Å². The molecule has 0 bridgehead atoms. The van der Waals surface area contributed by atoms with Crippen LogP contribution in [-0.4, -0.2) is 83.1 Å². The third kappa shape index (κ3) is 5.02. The van der Waals surface area contributed by atoms with Gasteiger partial charge in [0.05, 0.1) is 29.5 Å². The zero-order chi connectivity index (χ0) is 22.0. The van der Waals surface area contributed by atoms with E-state index in [1.54, 1.807) is 4.90 Å². The molecule has 2 saturated heterocycles. The van der Waals surface area contributed by atoms with Crippen LogP contribution in [0.1, 0.15) is 31.2 Å². The molecule has 2 aromatic rings. The summed E-state index contributed by atoms with van der Waals surface area (Å²) >= 11 is 0. The molecular weight excluding hydrogens is 392 g/mol. The van der Waals surface area contributed by atoms with Crippen LogP contribution in [-0.2, 0) is 16.1 Å². The fourth-order valence-electron chi connectivity index (χ4n) is 4.68. The Morgan fingerprint density at radius 3 is 2.52 bits per heavy atom. The lowest BCUT2D eigenvalue weighted by atomic mass is 9.91. The van der Waals surface area contributed by atoms with Crippen molar-refractivity contribution in [2.75, 3.05) is 45.2 Å². The van der Waals surface area contributed by atoms with E-state index in [4.69, 9.17) is 9.72 Å². The van der Waals surface area contributed by atoms with Crippen LogP contribution in [0.15, 0.2) is 36.7 Å². The molecule has 0 unspecified atom stereocenters. The largest absolute Gasteiger partial charge is 0.372 e. The lowest BCUT2D eigenvalue weighted by Gasteiger charge is -2.35. The topological polar surface area (TPSA) is 74.7 Å². The number of nitrogens with zero attached hydrogens (tertiary/aromatic N) is 6. The molecular formula is C23H32N6O2. The summed E-state index contributed by atoms with van der Waals surface area (Å²) in [6, 6.07) is 7.91. The summed E-state index contributed by atoms with van der Waals surface area (Å²) in [6.45, 7) is 7.88. The average Bonchev–Trinajstić information content (AvgIpc) is 3.17. The van der Waals surface area contributed by atoms with Gasteiger partial charge in [0.25, 0.3) is 0 Å². The molecule has 166 valence electrons. The maximum absolute atomic E-state index is 13.0. The second-order valence-corrected chi connectivity index (χ2v) is 8.90. The first-order valence-electron chi connectivity index (χ1n) is 11.0. The first-order valence-corrected chi connectivity index (χ1v) is 11.0. The quantitative estimate of drug-likeness (QED) is 0.724. The highest BCUT2D eigenvalue weighted by atomic mass is 16.5. The fourth-order valence-corrected chi connectivity index (χ4v) is 4.68. The molecule has 8 heteroatoms. The molecule has 8 nitrogen and oxygen atoms in total. The third-order valence-corrected chi connectivity index (χ3v) is 6.01. The van der Waals surface area contributed by atoms with Gasteiger partial charge >= 0.3 is 0 Å². The number of carbonyl (C=O) groups excluding carboxylic acids is 1. The van der Waals surface area contributed by atoms with Crippen molar-refractivity contribution < 1.29 is 9.53 Å². The van der Waals surface area contributed by atoms with Gasteiger partial charge in [0, 0.05) is 65.1 Å². The maximum Gasteiger partial charge on any atom is 0.227 e. The zero-order valence-electron chi connectivity index (χ0n) is 18.8. The predicted octanol–water partition coefficient (Wildman–Crippen LogP) is 1.79. The molecule has 4 atom stereocenters. The number of aromatic nitrogens is 3. The number of rotatable bonds is 5. The number of likely N-dealkylation sites (tertiary alicyclic amines) is 1. The molecule has 2 aliphatic rings. The van der Waals surface area contributed by atoms with Gasteiger partial charge in [0.1, 0.15) is 0 Å². The Kier molecular flexibility index (Phi) is 6.48. The lowest BCUT2D eigenvalue weighted by molar-refractivity contribution is -0.133. The third-order valence-electron chi connectivity index (χ3n) is 6.01. The Balaban J connectivity index is 1.57. The van der Waals surface area contributed by atoms with E-state index in [-0.39, 0.29) is 30.0 Å². The van der Waals surface area contributed by atoms with E-state index >= 15 is 0 Å². The minimum atomic E-state index is -0.135. The van der Waals surface area contributed by atoms with Crippen LogP contribution in [0.25, 0.3) is 0 Å². The molecule has 2 aromatic heterocycles. The van der Waals surface area contributed by atoms with E-state index < -0.39 is 0 Å². The van der Waals surface area contributed by atoms with Crippen LogP contribution >= 0.6 is 0 Å². The molecule has 0 spiro atoms. The zero-order valence-corrected chi connectivity index (χ0v) is 18.8. The minimum Gasteiger partial charge on any atom is -0.372 e. The summed E-state index contributed by atoms with van der Waals surface area (Å²) in [5.41, 5.74) is 1.94. The summed E-state index contributed by atoms with van der Waals surface area (Å²) in [4.78, 5) is 33.1. The van der Waals surface area contributed by atoms with Crippen LogP contribution in [0.2, 0.25) is 0 Å². The van der Waals surface area contributed by atoms with Gasteiger partial charge in [-0.1, -0.05) is 6.07 Å². The Morgan fingerprint density at radius 2 is 1.84 bits per heavy atom. The normalized spacial score (nSPS) is 26.8. The van der Waals surface area contributed by atoms with Gasteiger partial charge < -0.3 is 14.5 Å². The number of carbonyl (C=O) groups is 1. The molecule has 0 aliphatic carbocycles. The number of anilines is 1. The second-order valence-electron chi connectivity index (χ2n) is 8.90. The Labute approximate surface area is 184 Å². The summed E-state index contributed by atoms with van der Waals surface area (Å²) in [7, 11) is 3.64. The number of morpholine rings is 1. The fraction of sp³-hybridized carbons (Fsp3) is 0.565. The predicted molar refractivity (Wildman–Crippen MR) is 119 cm³/mol. The van der Waals surface area contributed by atoms with E-state index in [1.165, 1.54) is 0 Å². The van der Waals surface area contributed by atoms with Gasteiger partial charge in [-0.15, -0.1) is 0 Å². The molecule has 2 fully saturated rings. The molecule has 0 radical (unpaired) electrons. The summed E-state index contributed by atoms with van der Waals surface area (Å²) in [6.07, 6.45) is 3.91. The minimum absolute atomic E-state index is 0.0243. The standard InChI is InChI=1S/C23H32N6O2/c1-16-11-29(12-17(2)31-16)23-25-10-8-21(26-23)19-14-28(13-18-7-5-6-9-24-18)15-20(19)22(30)27(3)4/h5-10,16-17,19-20H,11-15H2,1-4H3/t16-,17-,19-,20-/m1/s1. The van der Waals surface area contributed by atoms with Crippen molar-refractivity contribution in [1.29, 1.82) is 0 Å². The number of ether oxygens (including phenoxy) is 1. The van der Waals surface area contributed by atoms with E-state index in [9.17, 15) is 4.79 Å². The monoisotopic (exact) mass is 424 g/mol. The van der Waals surface area contributed by atoms with Crippen molar-refractivity contribution in [3.63, 3.8) is 0 Å². The summed E-state index contributed by atoms with van der Waals surface area (Å²) in [5.74, 6) is 0.751. The Bertz CT molecular complexity index is 883. The van der Waals surface area contributed by atoms with Crippen LogP contribution < -0.4 is 4.90 Å². The van der Waals surface area contributed by atoms with Gasteiger partial charge in [0.2, 0.25) is 11.9 Å². The highest BCUT2D eigenvalue weighted by Crippen LogP contribution is 2.34. The number of hydrogen-bond donors (Lipinski definition) is 0. The van der Waals surface area contributed by atoms with Crippen molar-refractivity contribution >= 4 is 11.9 Å². The maximum atomic E-state index is 13.0. The van der Waals surface area contributed by atoms with E-state index in [1.807, 2.05) is 50.8 Å². The highest BCUT2D eigenvalue weighted by molar-refractivity contribution is 5.80. The van der Waals surface area contributed by atoms with Crippen LogP contribution in [0.5, 0.6) is 0 Å². The molecule has 31 heavy (non-hydrogen) atoms. The van der Waals surface area contributed by atoms with Crippen LogP contribution in [0.3, 0.4) is 0 Å². The average molecular weight is 425 g/mol. The molecule has 0 N–H and O–H groups in total. The van der Waals surface area contributed by atoms with Crippen molar-refractivity contribution in [1.82, 2.24) is 24.8 Å². The van der Waals surface area contributed by atoms with E-state index in [0.29, 0.717) is 6.54 Å². The van der Waals surface area contributed by atoms with Gasteiger partial charge in [-0.05, 0) is 32.0 Å². The van der Waals surface area contributed by atoms with Gasteiger partial charge in [-0.25, -0.2) is 9.97 Å². The number of pyridine rings is 1. The van der Waals surface area contributed by atoms with Crippen molar-refractivity contribution in [2.24, 2.45) is 5.92 Å². The molecule has 4 rings (SSSR count). The Hall–Kier alpha value is -2.58. The van der Waals surface area contributed by atoms with Gasteiger partial charge in [0.15, 0.2) is 0 Å². The first-order chi connectivity index (χ1) is 14.9. The van der Waals surface area contributed by atoms with Gasteiger partial charge in [-0.3, -0.25) is 14.7 Å². The Morgan fingerprint density at radius 1 is 1.06 bits per heavy atom. The summed E-state index contributed by atoms with van der Waals surface area (Å²) in [5, 5.41) is 0. The number of hydrogen-bond acceptors (Lipinski definition) is 7. The molecule has 0 aromatic carbocycles. The molecule has 0 saturated carbocycles. The van der Waals surface area contributed by atoms with E-state index in [2.05, 4.69) is 33.6 Å². The van der Waals surface area contributed by atoms with E-state index in [0.717, 1.165) is 43.5 Å². The van der Waals surface area contributed by atoms with Crippen molar-refractivity contribution in [3.8, 4) is 0 Å². The van der Waals surface area contributed by atoms with Crippen LogP contribution in [0.4, 0.5) is 5.95 Å². The molecule has 2 aliphatic heterocycles. The molecule has 4 heterocycles. The summed E-state index contributed by atoms with van der Waals surface area (Å²) < 4.78 is 5.85. The second kappa shape index (κ2) is 9.28. The van der Waals surface area contributed by atoms with Gasteiger partial charge in [-0.2, -0.15) is 0 Å². The lowest BCUT2D eigenvalue weighted by Crippen LogP contribution is -2.46. The SMILES string of the molecule is C[C@@H]1CN(c2nccc([C@@H]3CN(Cc4ccccn4)C[C@H]3C(=O)N(C)C)n2)C[C@@H](C)O1. The smallest absolute Gasteiger partial charge is 0.227 e. The number of amides is 1. The molecule has 1 amide bonds.